The SMILES string of the molecule is Nc1nc(Cl)cc(C(=O)O)n1. The molecule has 6 heteroatoms. The predicted octanol–water partition coefficient (Wildman–Crippen LogP) is 0.410. The molecule has 0 unspecified atom stereocenters. The maximum absolute atomic E-state index is 10.3. The Kier molecular flexibility index (Phi) is 1.91. The first-order valence-electron chi connectivity index (χ1n) is 2.63. The highest BCUT2D eigenvalue weighted by atomic mass is 35.5. The first-order valence-corrected chi connectivity index (χ1v) is 3.01. The summed E-state index contributed by atoms with van der Waals surface area (Å²) in [6.07, 6.45) is 0. The summed E-state index contributed by atoms with van der Waals surface area (Å²) in [6.45, 7) is 0. The molecule has 0 bridgehead atoms. The molecule has 0 saturated heterocycles. The highest BCUT2D eigenvalue weighted by molar-refractivity contribution is 6.29. The number of nitrogens with two attached hydrogens (primary N) is 1. The predicted molar refractivity (Wildman–Crippen MR) is 38.4 cm³/mol. The lowest BCUT2D eigenvalue weighted by atomic mass is 10.4. The van der Waals surface area contributed by atoms with Crippen molar-refractivity contribution in [3.8, 4) is 0 Å². The quantitative estimate of drug-likeness (QED) is 0.601. The third kappa shape index (κ3) is 1.78. The summed E-state index contributed by atoms with van der Waals surface area (Å²) in [5.74, 6) is -1.32. The number of aromatic carboxylic acids is 1. The molecule has 1 aromatic heterocycles. The van der Waals surface area contributed by atoms with Gasteiger partial charge in [-0.3, -0.25) is 0 Å². The van der Waals surface area contributed by atoms with Crippen LogP contribution in [0.2, 0.25) is 5.15 Å². The Hall–Kier alpha value is -1.36. The van der Waals surface area contributed by atoms with Gasteiger partial charge in [0.05, 0.1) is 0 Å². The summed E-state index contributed by atoms with van der Waals surface area (Å²) in [4.78, 5) is 17.2. The molecule has 0 atom stereocenters. The second-order valence-electron chi connectivity index (χ2n) is 1.74. The smallest absolute Gasteiger partial charge is 0.354 e. The minimum absolute atomic E-state index is 0.0231. The van der Waals surface area contributed by atoms with Crippen LogP contribution < -0.4 is 5.73 Å². The summed E-state index contributed by atoms with van der Waals surface area (Å²) in [5, 5.41) is 8.45. The lowest BCUT2D eigenvalue weighted by Crippen LogP contribution is -2.04. The molecule has 0 aliphatic carbocycles. The summed E-state index contributed by atoms with van der Waals surface area (Å²) in [5.41, 5.74) is 4.92. The zero-order valence-corrected chi connectivity index (χ0v) is 6.04. The van der Waals surface area contributed by atoms with Crippen molar-refractivity contribution >= 4 is 23.5 Å². The number of hydrogen-bond acceptors (Lipinski definition) is 4. The van der Waals surface area contributed by atoms with Gasteiger partial charge in [0.1, 0.15) is 5.15 Å². The van der Waals surface area contributed by atoms with E-state index in [-0.39, 0.29) is 16.8 Å². The van der Waals surface area contributed by atoms with Crippen LogP contribution in [-0.2, 0) is 0 Å². The van der Waals surface area contributed by atoms with Gasteiger partial charge >= 0.3 is 5.97 Å². The number of hydrogen-bond donors (Lipinski definition) is 2. The Bertz CT molecular complexity index is 282. The van der Waals surface area contributed by atoms with Gasteiger partial charge < -0.3 is 10.8 Å². The van der Waals surface area contributed by atoms with Crippen molar-refractivity contribution in [3.63, 3.8) is 0 Å². The van der Waals surface area contributed by atoms with Crippen LogP contribution in [0.25, 0.3) is 0 Å². The lowest BCUT2D eigenvalue weighted by Gasteiger charge is -1.95. The minimum atomic E-state index is -1.18. The van der Waals surface area contributed by atoms with E-state index >= 15 is 0 Å². The normalized spacial score (nSPS) is 9.55. The molecule has 1 heterocycles. The number of aromatic nitrogens is 2. The highest BCUT2D eigenvalue weighted by Crippen LogP contribution is 2.07. The van der Waals surface area contributed by atoms with E-state index < -0.39 is 5.97 Å². The average Bonchev–Trinajstić information content (AvgIpc) is 1.85. The van der Waals surface area contributed by atoms with Crippen molar-refractivity contribution in [2.24, 2.45) is 0 Å². The summed E-state index contributed by atoms with van der Waals surface area (Å²) >= 11 is 5.40. The second-order valence-corrected chi connectivity index (χ2v) is 2.13. The maximum atomic E-state index is 10.3. The number of halogens is 1. The molecular formula is C5H4ClN3O2. The maximum Gasteiger partial charge on any atom is 0.354 e. The van der Waals surface area contributed by atoms with E-state index in [4.69, 9.17) is 22.4 Å². The molecule has 0 radical (unpaired) electrons. The monoisotopic (exact) mass is 173 g/mol. The number of carboxylic acids is 1. The Morgan fingerprint density at radius 2 is 2.27 bits per heavy atom. The molecule has 58 valence electrons. The first kappa shape index (κ1) is 7.74. The van der Waals surface area contributed by atoms with Crippen LogP contribution in [0, 0.1) is 0 Å². The topological polar surface area (TPSA) is 89.1 Å². The van der Waals surface area contributed by atoms with E-state index in [1.807, 2.05) is 0 Å². The Morgan fingerprint density at radius 3 is 2.73 bits per heavy atom. The van der Waals surface area contributed by atoms with Crippen molar-refractivity contribution in [2.75, 3.05) is 5.73 Å². The number of nitrogens with zero attached hydrogens (tertiary/aromatic N) is 2. The zero-order valence-electron chi connectivity index (χ0n) is 5.28. The van der Waals surface area contributed by atoms with Crippen LogP contribution in [0.5, 0.6) is 0 Å². The molecule has 0 spiro atoms. The summed E-state index contributed by atoms with van der Waals surface area (Å²) < 4.78 is 0. The Morgan fingerprint density at radius 1 is 1.64 bits per heavy atom. The average molecular weight is 174 g/mol. The summed E-state index contributed by atoms with van der Waals surface area (Å²) in [6, 6.07) is 1.13. The van der Waals surface area contributed by atoms with Gasteiger partial charge in [-0.05, 0) is 0 Å². The van der Waals surface area contributed by atoms with Crippen molar-refractivity contribution in [1.29, 1.82) is 0 Å². The molecular weight excluding hydrogens is 170 g/mol. The van der Waals surface area contributed by atoms with Crippen LogP contribution in [0.15, 0.2) is 6.07 Å². The van der Waals surface area contributed by atoms with E-state index in [0.717, 1.165) is 6.07 Å². The molecule has 5 nitrogen and oxygen atoms in total. The highest BCUT2D eigenvalue weighted by Gasteiger charge is 2.06. The molecule has 3 N–H and O–H groups in total. The number of rotatable bonds is 1. The van der Waals surface area contributed by atoms with Gasteiger partial charge in [-0.25, -0.2) is 14.8 Å². The summed E-state index contributed by atoms with van der Waals surface area (Å²) in [7, 11) is 0. The lowest BCUT2D eigenvalue weighted by molar-refractivity contribution is 0.0690. The number of carboxylic acid groups (broad SMARTS) is 1. The van der Waals surface area contributed by atoms with Crippen LogP contribution in [0.1, 0.15) is 10.5 Å². The van der Waals surface area contributed by atoms with E-state index in [1.165, 1.54) is 0 Å². The van der Waals surface area contributed by atoms with E-state index in [0.29, 0.717) is 0 Å². The molecule has 11 heavy (non-hydrogen) atoms. The van der Waals surface area contributed by atoms with Crippen LogP contribution in [-0.4, -0.2) is 21.0 Å². The van der Waals surface area contributed by atoms with Crippen LogP contribution in [0.4, 0.5) is 5.95 Å². The fourth-order valence-electron chi connectivity index (χ4n) is 0.545. The van der Waals surface area contributed by atoms with Gasteiger partial charge in [0, 0.05) is 6.07 Å². The van der Waals surface area contributed by atoms with Crippen molar-refractivity contribution in [2.45, 2.75) is 0 Å². The molecule has 1 rings (SSSR count). The van der Waals surface area contributed by atoms with Gasteiger partial charge in [-0.1, -0.05) is 11.6 Å². The van der Waals surface area contributed by atoms with Gasteiger partial charge in [0.15, 0.2) is 5.69 Å². The Labute approximate surface area is 66.8 Å². The standard InChI is InChI=1S/C5H4ClN3O2/c6-3-1-2(4(10)11)8-5(7)9-3/h1H,(H,10,11)(H2,7,8,9). The van der Waals surface area contributed by atoms with E-state index in [9.17, 15) is 4.79 Å². The van der Waals surface area contributed by atoms with Gasteiger partial charge in [0.2, 0.25) is 5.95 Å². The molecule has 1 aromatic rings. The fraction of sp³-hybridized carbons (Fsp3) is 0. The van der Waals surface area contributed by atoms with Gasteiger partial charge in [0.25, 0.3) is 0 Å². The van der Waals surface area contributed by atoms with Crippen molar-refractivity contribution < 1.29 is 9.90 Å². The molecule has 0 saturated carbocycles. The first-order chi connectivity index (χ1) is 5.09. The molecule has 0 aliphatic heterocycles. The van der Waals surface area contributed by atoms with Gasteiger partial charge in [-0.2, -0.15) is 0 Å². The zero-order chi connectivity index (χ0) is 8.43. The van der Waals surface area contributed by atoms with Crippen molar-refractivity contribution in [3.05, 3.63) is 16.9 Å². The molecule has 0 amide bonds. The molecule has 0 aliphatic rings. The minimum Gasteiger partial charge on any atom is -0.477 e. The van der Waals surface area contributed by atoms with Gasteiger partial charge in [-0.15, -0.1) is 0 Å². The number of carbonyl (C=O) groups is 1. The van der Waals surface area contributed by atoms with E-state index in [1.54, 1.807) is 0 Å². The number of nitrogen functional groups attached to an aromatic ring is 1. The van der Waals surface area contributed by atoms with Crippen molar-refractivity contribution in [1.82, 2.24) is 9.97 Å². The number of anilines is 1. The second kappa shape index (κ2) is 2.71. The Balaban J connectivity index is 3.19. The van der Waals surface area contributed by atoms with Crippen LogP contribution in [0.3, 0.4) is 0 Å². The third-order valence-electron chi connectivity index (χ3n) is 0.931. The molecule has 0 fully saturated rings. The van der Waals surface area contributed by atoms with E-state index in [2.05, 4.69) is 9.97 Å². The fourth-order valence-corrected chi connectivity index (χ4v) is 0.735. The van der Waals surface area contributed by atoms with Crippen LogP contribution >= 0.6 is 11.6 Å². The molecule has 0 aromatic carbocycles. The third-order valence-corrected chi connectivity index (χ3v) is 1.12. The largest absolute Gasteiger partial charge is 0.477 e.